The van der Waals surface area contributed by atoms with E-state index in [1.165, 1.54) is 0 Å². The molecule has 3 aromatic carbocycles. The first-order valence-electron chi connectivity index (χ1n) is 8.40. The minimum atomic E-state index is -1.72. The SMILES string of the molecule is Cc1cc(C)c(C(O)(C(=O)c2ccccc2)c2ccccc2)c(C)c1. The van der Waals surface area contributed by atoms with Crippen LogP contribution in [0.1, 0.15) is 38.2 Å². The molecule has 0 amide bonds. The third-order valence-corrected chi connectivity index (χ3v) is 4.59. The van der Waals surface area contributed by atoms with Crippen molar-refractivity contribution in [3.8, 4) is 0 Å². The molecule has 0 aliphatic heterocycles. The maximum atomic E-state index is 13.4. The molecule has 0 radical (unpaired) electrons. The van der Waals surface area contributed by atoms with Gasteiger partial charge in [0.25, 0.3) is 0 Å². The highest BCUT2D eigenvalue weighted by molar-refractivity contribution is 6.05. The van der Waals surface area contributed by atoms with Gasteiger partial charge in [0.15, 0.2) is 5.60 Å². The zero-order valence-corrected chi connectivity index (χ0v) is 14.8. The molecule has 0 fully saturated rings. The number of carbonyl (C=O) groups excluding carboxylic acids is 1. The molecule has 0 saturated carbocycles. The average Bonchev–Trinajstić information content (AvgIpc) is 2.61. The highest BCUT2D eigenvalue weighted by Crippen LogP contribution is 2.37. The highest BCUT2D eigenvalue weighted by Gasteiger charge is 2.42. The van der Waals surface area contributed by atoms with E-state index >= 15 is 0 Å². The van der Waals surface area contributed by atoms with Gasteiger partial charge < -0.3 is 5.11 Å². The molecule has 126 valence electrons. The van der Waals surface area contributed by atoms with Gasteiger partial charge in [-0.05, 0) is 37.5 Å². The molecule has 0 aliphatic carbocycles. The lowest BCUT2D eigenvalue weighted by atomic mass is 9.76. The summed E-state index contributed by atoms with van der Waals surface area (Å²) in [6.07, 6.45) is 0. The molecule has 3 aromatic rings. The maximum Gasteiger partial charge on any atom is 0.203 e. The monoisotopic (exact) mass is 330 g/mol. The van der Waals surface area contributed by atoms with Crippen molar-refractivity contribution < 1.29 is 9.90 Å². The van der Waals surface area contributed by atoms with Crippen LogP contribution in [-0.4, -0.2) is 10.9 Å². The van der Waals surface area contributed by atoms with Crippen molar-refractivity contribution in [2.24, 2.45) is 0 Å². The fourth-order valence-corrected chi connectivity index (χ4v) is 3.62. The average molecular weight is 330 g/mol. The van der Waals surface area contributed by atoms with Gasteiger partial charge in [0.2, 0.25) is 5.78 Å². The Hall–Kier alpha value is -2.71. The van der Waals surface area contributed by atoms with Crippen LogP contribution in [0.4, 0.5) is 0 Å². The number of hydrogen-bond acceptors (Lipinski definition) is 2. The molecule has 0 spiro atoms. The summed E-state index contributed by atoms with van der Waals surface area (Å²) in [5.74, 6) is -0.311. The van der Waals surface area contributed by atoms with Crippen LogP contribution in [-0.2, 0) is 5.60 Å². The second-order valence-electron chi connectivity index (χ2n) is 6.55. The Kier molecular flexibility index (Phi) is 4.56. The summed E-state index contributed by atoms with van der Waals surface area (Å²) in [6.45, 7) is 5.91. The molecule has 0 aromatic heterocycles. The fraction of sp³-hybridized carbons (Fsp3) is 0.174. The molecule has 0 aliphatic rings. The zero-order valence-electron chi connectivity index (χ0n) is 14.8. The van der Waals surface area contributed by atoms with Crippen LogP contribution >= 0.6 is 0 Å². The molecular formula is C23H22O2. The topological polar surface area (TPSA) is 37.3 Å². The van der Waals surface area contributed by atoms with E-state index < -0.39 is 5.60 Å². The Balaban J connectivity index is 2.30. The standard InChI is InChI=1S/C23H22O2/c1-16-14-17(2)21(18(3)15-16)23(25,20-12-8-5-9-13-20)22(24)19-10-6-4-7-11-19/h4-15,25H,1-3H3. The van der Waals surface area contributed by atoms with Gasteiger partial charge in [0, 0.05) is 11.1 Å². The fourth-order valence-electron chi connectivity index (χ4n) is 3.62. The van der Waals surface area contributed by atoms with Gasteiger partial charge in [0.05, 0.1) is 0 Å². The molecule has 1 unspecified atom stereocenters. The quantitative estimate of drug-likeness (QED) is 0.702. The van der Waals surface area contributed by atoms with Gasteiger partial charge in [-0.25, -0.2) is 0 Å². The van der Waals surface area contributed by atoms with E-state index in [-0.39, 0.29) is 5.78 Å². The highest BCUT2D eigenvalue weighted by atomic mass is 16.3. The first kappa shape index (κ1) is 17.1. The molecule has 0 heterocycles. The molecule has 3 rings (SSSR count). The maximum absolute atomic E-state index is 13.4. The van der Waals surface area contributed by atoms with E-state index in [0.717, 1.165) is 16.7 Å². The summed E-state index contributed by atoms with van der Waals surface area (Å²) in [5, 5.41) is 11.8. The van der Waals surface area contributed by atoms with Crippen molar-refractivity contribution in [3.63, 3.8) is 0 Å². The predicted octanol–water partition coefficient (Wildman–Crippen LogP) is 4.73. The van der Waals surface area contributed by atoms with Crippen LogP contribution in [0, 0.1) is 20.8 Å². The van der Waals surface area contributed by atoms with Crippen LogP contribution in [0.25, 0.3) is 0 Å². The van der Waals surface area contributed by atoms with E-state index in [2.05, 4.69) is 0 Å². The molecule has 1 N–H and O–H groups in total. The van der Waals surface area contributed by atoms with Crippen LogP contribution in [0.15, 0.2) is 72.8 Å². The third kappa shape index (κ3) is 3.01. The largest absolute Gasteiger partial charge is 0.373 e. The van der Waals surface area contributed by atoms with Crippen molar-refractivity contribution in [2.45, 2.75) is 26.4 Å². The van der Waals surface area contributed by atoms with Crippen molar-refractivity contribution in [1.82, 2.24) is 0 Å². The van der Waals surface area contributed by atoms with Crippen LogP contribution in [0.3, 0.4) is 0 Å². The van der Waals surface area contributed by atoms with Crippen molar-refractivity contribution >= 4 is 5.78 Å². The van der Waals surface area contributed by atoms with Crippen molar-refractivity contribution in [3.05, 3.63) is 106 Å². The minimum absolute atomic E-state index is 0.311. The van der Waals surface area contributed by atoms with Gasteiger partial charge in [-0.3, -0.25) is 4.79 Å². The van der Waals surface area contributed by atoms with E-state index in [1.807, 2.05) is 69.3 Å². The Bertz CT molecular complexity index is 875. The molecular weight excluding hydrogens is 308 g/mol. The Morgan fingerprint density at radius 1 is 0.800 bits per heavy atom. The number of Topliss-reactive ketones (excluding diaryl/α,β-unsaturated/α-hetero) is 1. The van der Waals surface area contributed by atoms with Crippen molar-refractivity contribution in [1.29, 1.82) is 0 Å². The first-order valence-corrected chi connectivity index (χ1v) is 8.40. The molecule has 0 saturated heterocycles. The summed E-state index contributed by atoms with van der Waals surface area (Å²) < 4.78 is 0. The molecule has 2 heteroatoms. The van der Waals surface area contributed by atoms with Gasteiger partial charge in [-0.2, -0.15) is 0 Å². The second-order valence-corrected chi connectivity index (χ2v) is 6.55. The van der Waals surface area contributed by atoms with Crippen molar-refractivity contribution in [2.75, 3.05) is 0 Å². The Morgan fingerprint density at radius 3 is 1.80 bits per heavy atom. The number of carbonyl (C=O) groups is 1. The molecule has 2 nitrogen and oxygen atoms in total. The summed E-state index contributed by atoms with van der Waals surface area (Å²) in [5.41, 5.74) is 2.96. The number of aryl methyl sites for hydroxylation is 3. The zero-order chi connectivity index (χ0) is 18.0. The lowest BCUT2D eigenvalue weighted by molar-refractivity contribution is 0.0482. The summed E-state index contributed by atoms with van der Waals surface area (Å²) >= 11 is 0. The predicted molar refractivity (Wildman–Crippen MR) is 101 cm³/mol. The Labute approximate surface area is 148 Å². The van der Waals surface area contributed by atoms with Crippen LogP contribution < -0.4 is 0 Å². The number of rotatable bonds is 4. The Morgan fingerprint density at radius 2 is 1.28 bits per heavy atom. The summed E-state index contributed by atoms with van der Waals surface area (Å²) in [6, 6.07) is 22.2. The number of hydrogen-bond donors (Lipinski definition) is 1. The molecule has 1 atom stereocenters. The first-order chi connectivity index (χ1) is 11.9. The van der Waals surface area contributed by atoms with E-state index in [0.29, 0.717) is 16.7 Å². The van der Waals surface area contributed by atoms with Gasteiger partial charge in [0.1, 0.15) is 0 Å². The summed E-state index contributed by atoms with van der Waals surface area (Å²) in [7, 11) is 0. The minimum Gasteiger partial charge on any atom is -0.373 e. The number of aliphatic hydroxyl groups is 1. The van der Waals surface area contributed by atoms with Crippen LogP contribution in [0.2, 0.25) is 0 Å². The van der Waals surface area contributed by atoms with Crippen LogP contribution in [0.5, 0.6) is 0 Å². The van der Waals surface area contributed by atoms with Gasteiger partial charge in [-0.1, -0.05) is 78.4 Å². The second kappa shape index (κ2) is 6.66. The number of benzene rings is 3. The number of ketones is 1. The summed E-state index contributed by atoms with van der Waals surface area (Å²) in [4.78, 5) is 13.4. The van der Waals surface area contributed by atoms with E-state index in [4.69, 9.17) is 0 Å². The third-order valence-electron chi connectivity index (χ3n) is 4.59. The normalized spacial score (nSPS) is 13.3. The molecule has 25 heavy (non-hydrogen) atoms. The smallest absolute Gasteiger partial charge is 0.203 e. The van der Waals surface area contributed by atoms with Gasteiger partial charge in [-0.15, -0.1) is 0 Å². The van der Waals surface area contributed by atoms with Gasteiger partial charge >= 0.3 is 0 Å². The lowest BCUT2D eigenvalue weighted by Gasteiger charge is -2.31. The molecule has 0 bridgehead atoms. The lowest BCUT2D eigenvalue weighted by Crippen LogP contribution is -2.38. The van der Waals surface area contributed by atoms with E-state index in [1.54, 1.807) is 24.3 Å². The van der Waals surface area contributed by atoms with E-state index in [9.17, 15) is 9.90 Å².